The molecule has 2 aromatic carbocycles. The zero-order chi connectivity index (χ0) is 29.0. The van der Waals surface area contributed by atoms with Crippen LogP contribution < -0.4 is 9.47 Å². The predicted molar refractivity (Wildman–Crippen MR) is 148 cm³/mol. The smallest absolute Gasteiger partial charge is 0.410 e. The average Bonchev–Trinajstić information content (AvgIpc) is 3.28. The van der Waals surface area contributed by atoms with Gasteiger partial charge < -0.3 is 23.5 Å². The van der Waals surface area contributed by atoms with Crippen molar-refractivity contribution >= 4 is 23.7 Å². The number of ether oxygens (including phenoxy) is 4. The molecule has 1 aliphatic rings. The molecule has 214 valence electrons. The van der Waals surface area contributed by atoms with Crippen LogP contribution in [0.1, 0.15) is 59.6 Å². The molecule has 4 rings (SSSR count). The Morgan fingerprint density at radius 2 is 1.98 bits per heavy atom. The van der Waals surface area contributed by atoms with Gasteiger partial charge >= 0.3 is 12.1 Å². The van der Waals surface area contributed by atoms with Gasteiger partial charge in [0, 0.05) is 11.1 Å². The zero-order valence-electron chi connectivity index (χ0n) is 23.5. The lowest BCUT2D eigenvalue weighted by atomic mass is 9.98. The van der Waals surface area contributed by atoms with Gasteiger partial charge in [0.15, 0.2) is 0 Å². The van der Waals surface area contributed by atoms with Crippen LogP contribution in [0.5, 0.6) is 11.5 Å². The molecule has 0 fully saturated rings. The molecule has 0 saturated carbocycles. The third kappa shape index (κ3) is 6.85. The van der Waals surface area contributed by atoms with Crippen molar-refractivity contribution in [2.45, 2.75) is 65.7 Å². The molecule has 2 heterocycles. The Bertz CT molecular complexity index is 1370. The summed E-state index contributed by atoms with van der Waals surface area (Å²) >= 11 is 6.40. The van der Waals surface area contributed by atoms with Crippen molar-refractivity contribution in [3.8, 4) is 34.3 Å². The van der Waals surface area contributed by atoms with E-state index in [1.807, 2.05) is 13.8 Å². The fourth-order valence-corrected chi connectivity index (χ4v) is 4.52. The summed E-state index contributed by atoms with van der Waals surface area (Å²) in [4.78, 5) is 31.9. The van der Waals surface area contributed by atoms with E-state index >= 15 is 0 Å². The Morgan fingerprint density at radius 1 is 1.20 bits per heavy atom. The molecular weight excluding hydrogens is 538 g/mol. The van der Waals surface area contributed by atoms with Gasteiger partial charge in [-0.25, -0.2) is 4.79 Å². The second kappa shape index (κ2) is 12.2. The van der Waals surface area contributed by atoms with Crippen molar-refractivity contribution in [1.82, 2.24) is 15.0 Å². The first-order chi connectivity index (χ1) is 19.0. The number of aromatic nitrogens is 2. The summed E-state index contributed by atoms with van der Waals surface area (Å²) < 4.78 is 28.3. The lowest BCUT2D eigenvalue weighted by Crippen LogP contribution is -2.41. The Kier molecular flexibility index (Phi) is 8.88. The van der Waals surface area contributed by atoms with Crippen molar-refractivity contribution in [3.05, 3.63) is 47.0 Å². The van der Waals surface area contributed by atoms with Crippen LogP contribution in [-0.4, -0.2) is 58.6 Å². The summed E-state index contributed by atoms with van der Waals surface area (Å²) in [6.45, 7) is 11.5. The van der Waals surface area contributed by atoms with E-state index in [1.165, 1.54) is 4.90 Å². The molecule has 0 aliphatic carbocycles. The molecule has 40 heavy (non-hydrogen) atoms. The van der Waals surface area contributed by atoms with Gasteiger partial charge in [0.1, 0.15) is 23.7 Å². The van der Waals surface area contributed by atoms with E-state index in [1.54, 1.807) is 64.1 Å². The first kappa shape index (κ1) is 29.2. The minimum atomic E-state index is -0.716. The highest BCUT2D eigenvalue weighted by Crippen LogP contribution is 2.41. The van der Waals surface area contributed by atoms with Gasteiger partial charge in [-0.3, -0.25) is 9.69 Å². The van der Waals surface area contributed by atoms with Gasteiger partial charge in [-0.05, 0) is 65.8 Å². The first-order valence-corrected chi connectivity index (χ1v) is 13.6. The minimum Gasteiger partial charge on any atom is -0.491 e. The Labute approximate surface area is 238 Å². The highest BCUT2D eigenvalue weighted by molar-refractivity contribution is 6.32. The van der Waals surface area contributed by atoms with Gasteiger partial charge in [-0.1, -0.05) is 28.9 Å². The van der Waals surface area contributed by atoms with E-state index in [-0.39, 0.29) is 44.0 Å². The molecule has 1 unspecified atom stereocenters. The summed E-state index contributed by atoms with van der Waals surface area (Å²) in [5, 5.41) is 4.61. The van der Waals surface area contributed by atoms with E-state index < -0.39 is 23.7 Å². The van der Waals surface area contributed by atoms with Crippen LogP contribution in [0.25, 0.3) is 22.8 Å². The number of fused-ring (bicyclic) bond motifs is 1. The molecule has 11 heteroatoms. The maximum absolute atomic E-state index is 13.2. The van der Waals surface area contributed by atoms with Gasteiger partial charge in [0.05, 0.1) is 42.3 Å². The maximum Gasteiger partial charge on any atom is 0.410 e. The number of rotatable bonds is 7. The van der Waals surface area contributed by atoms with Crippen LogP contribution in [0.15, 0.2) is 40.9 Å². The number of hydrogen-bond donors (Lipinski definition) is 0. The van der Waals surface area contributed by atoms with Crippen LogP contribution in [0, 0.1) is 0 Å². The van der Waals surface area contributed by atoms with E-state index in [9.17, 15) is 9.59 Å². The maximum atomic E-state index is 13.2. The molecule has 1 amide bonds. The van der Waals surface area contributed by atoms with Crippen LogP contribution in [0.4, 0.5) is 4.79 Å². The molecule has 1 aliphatic heterocycles. The number of benzene rings is 2. The van der Waals surface area contributed by atoms with Crippen LogP contribution in [0.2, 0.25) is 5.02 Å². The first-order valence-electron chi connectivity index (χ1n) is 13.2. The number of carbonyl (C=O) groups is 2. The molecule has 0 saturated heterocycles. The standard InChI is InChI=1S/C29H34ClN3O7/c1-7-36-24(34)16-22-19-9-8-10-20(25(19)37-14-13-33(22)28(35)39-29(4,5)6)26-31-27(40-32-26)18-11-12-23(21(30)15-18)38-17(2)3/h8-12,15,17,22H,7,13-14,16H2,1-6H3. The lowest BCUT2D eigenvalue weighted by molar-refractivity contribution is -0.144. The monoisotopic (exact) mass is 571 g/mol. The molecule has 1 aromatic heterocycles. The molecule has 10 nitrogen and oxygen atoms in total. The Hall–Kier alpha value is -3.79. The van der Waals surface area contributed by atoms with Crippen molar-refractivity contribution < 1.29 is 33.1 Å². The Balaban J connectivity index is 1.71. The SMILES string of the molecule is CCOC(=O)CC1c2cccc(-c3noc(-c4ccc(OC(C)C)c(Cl)c4)n3)c2OCCN1C(=O)OC(C)(C)C. The van der Waals surface area contributed by atoms with Gasteiger partial charge in [0.25, 0.3) is 5.89 Å². The number of nitrogens with zero attached hydrogens (tertiary/aromatic N) is 3. The second-order valence-electron chi connectivity index (χ2n) is 10.5. The van der Waals surface area contributed by atoms with E-state index in [0.717, 1.165) is 0 Å². The van der Waals surface area contributed by atoms with Gasteiger partial charge in [-0.2, -0.15) is 4.98 Å². The van der Waals surface area contributed by atoms with E-state index in [4.69, 9.17) is 35.1 Å². The normalized spacial score (nSPS) is 15.2. The third-order valence-electron chi connectivity index (χ3n) is 5.86. The highest BCUT2D eigenvalue weighted by Gasteiger charge is 2.36. The largest absolute Gasteiger partial charge is 0.491 e. The Morgan fingerprint density at radius 3 is 2.65 bits per heavy atom. The lowest BCUT2D eigenvalue weighted by Gasteiger charge is -2.31. The number of para-hydroxylation sites is 1. The summed E-state index contributed by atoms with van der Waals surface area (Å²) in [6.07, 6.45) is -0.647. The number of esters is 1. The molecule has 0 radical (unpaired) electrons. The summed E-state index contributed by atoms with van der Waals surface area (Å²) in [7, 11) is 0. The minimum absolute atomic E-state index is 0.0226. The summed E-state index contributed by atoms with van der Waals surface area (Å²) in [5.74, 6) is 1.12. The molecule has 0 N–H and O–H groups in total. The number of carbonyl (C=O) groups excluding carboxylic acids is 2. The van der Waals surface area contributed by atoms with Crippen LogP contribution in [0.3, 0.4) is 0 Å². The molecule has 1 atom stereocenters. The van der Waals surface area contributed by atoms with Gasteiger partial charge in [-0.15, -0.1) is 0 Å². The highest BCUT2D eigenvalue weighted by atomic mass is 35.5. The molecule has 0 bridgehead atoms. The molecule has 0 spiro atoms. The fraction of sp³-hybridized carbons (Fsp3) is 0.448. The quantitative estimate of drug-likeness (QED) is 0.294. The predicted octanol–water partition coefficient (Wildman–Crippen LogP) is 6.47. The number of amides is 1. The van der Waals surface area contributed by atoms with Gasteiger partial charge in [0.2, 0.25) is 5.82 Å². The zero-order valence-corrected chi connectivity index (χ0v) is 24.3. The summed E-state index contributed by atoms with van der Waals surface area (Å²) in [5.41, 5.74) is 1.07. The topological polar surface area (TPSA) is 113 Å². The average molecular weight is 572 g/mol. The van der Waals surface area contributed by atoms with Crippen molar-refractivity contribution in [2.24, 2.45) is 0 Å². The molecule has 3 aromatic rings. The number of hydrogen-bond acceptors (Lipinski definition) is 9. The van der Waals surface area contributed by atoms with Crippen LogP contribution in [-0.2, 0) is 14.3 Å². The number of halogens is 1. The van der Waals surface area contributed by atoms with E-state index in [2.05, 4.69) is 10.1 Å². The fourth-order valence-electron chi connectivity index (χ4n) is 4.29. The molecular formula is C29H34ClN3O7. The second-order valence-corrected chi connectivity index (χ2v) is 10.9. The van der Waals surface area contributed by atoms with E-state index in [0.29, 0.717) is 33.2 Å². The van der Waals surface area contributed by atoms with Crippen molar-refractivity contribution in [2.75, 3.05) is 19.8 Å². The summed E-state index contributed by atoms with van der Waals surface area (Å²) in [6, 6.07) is 9.95. The van der Waals surface area contributed by atoms with Crippen molar-refractivity contribution in [1.29, 1.82) is 0 Å². The third-order valence-corrected chi connectivity index (χ3v) is 6.16. The van der Waals surface area contributed by atoms with Crippen molar-refractivity contribution in [3.63, 3.8) is 0 Å². The van der Waals surface area contributed by atoms with Crippen LogP contribution >= 0.6 is 11.6 Å².